The predicted molar refractivity (Wildman–Crippen MR) is 114 cm³/mol. The lowest BCUT2D eigenvalue weighted by molar-refractivity contribution is 0.412. The van der Waals surface area contributed by atoms with E-state index in [-0.39, 0.29) is 24.8 Å². The molecule has 1 unspecified atom stereocenters. The zero-order chi connectivity index (χ0) is 17.3. The van der Waals surface area contributed by atoms with Crippen LogP contribution in [0.25, 0.3) is 0 Å². The van der Waals surface area contributed by atoms with Crippen molar-refractivity contribution in [3.8, 4) is 5.75 Å². The van der Waals surface area contributed by atoms with Gasteiger partial charge in [0.15, 0.2) is 0 Å². The van der Waals surface area contributed by atoms with E-state index in [1.54, 1.807) is 19.5 Å². The maximum Gasteiger partial charge on any atom is 0.119 e. The Morgan fingerprint density at radius 2 is 1.81 bits per heavy atom. The summed E-state index contributed by atoms with van der Waals surface area (Å²) in [7, 11) is 1.69. The Kier molecular flexibility index (Phi) is 8.68. The summed E-state index contributed by atoms with van der Waals surface area (Å²) in [5, 5.41) is 1.15. The van der Waals surface area contributed by atoms with Crippen molar-refractivity contribution in [1.82, 2.24) is 4.98 Å². The molecule has 1 atom stereocenters. The zero-order valence-electron chi connectivity index (χ0n) is 14.8. The summed E-state index contributed by atoms with van der Waals surface area (Å²) < 4.78 is 5.41. The van der Waals surface area contributed by atoms with Crippen molar-refractivity contribution in [2.45, 2.75) is 26.2 Å². The van der Waals surface area contributed by atoms with Gasteiger partial charge in [-0.1, -0.05) is 37.0 Å². The van der Waals surface area contributed by atoms with E-state index in [1.807, 2.05) is 6.07 Å². The van der Waals surface area contributed by atoms with Crippen molar-refractivity contribution >= 4 is 53.7 Å². The smallest absolute Gasteiger partial charge is 0.119 e. The summed E-state index contributed by atoms with van der Waals surface area (Å²) in [6, 6.07) is 6.20. The van der Waals surface area contributed by atoms with Crippen LogP contribution in [0, 0.1) is 5.92 Å². The highest BCUT2D eigenvalue weighted by molar-refractivity contribution is 6.36. The summed E-state index contributed by atoms with van der Waals surface area (Å²) in [5.74, 6) is 1.78. The first kappa shape index (κ1) is 23.0. The van der Waals surface area contributed by atoms with Gasteiger partial charge in [-0.05, 0) is 40.8 Å². The van der Waals surface area contributed by atoms with E-state index in [2.05, 4.69) is 31.0 Å². The number of methoxy groups -OCH3 is 1. The number of hydrogen-bond acceptors (Lipinski definition) is 3. The van der Waals surface area contributed by atoms with Gasteiger partial charge in [-0.15, -0.1) is 24.8 Å². The van der Waals surface area contributed by atoms with Gasteiger partial charge < -0.3 is 4.74 Å². The largest absolute Gasteiger partial charge is 0.497 e. The van der Waals surface area contributed by atoms with E-state index in [0.29, 0.717) is 28.3 Å². The van der Waals surface area contributed by atoms with Crippen molar-refractivity contribution in [3.05, 3.63) is 57.3 Å². The van der Waals surface area contributed by atoms with E-state index < -0.39 is 0 Å². The normalized spacial score (nSPS) is 15.5. The molecule has 0 radical (unpaired) electrons. The molecule has 1 aliphatic rings. The lowest BCUT2D eigenvalue weighted by Crippen LogP contribution is -2.22. The SMILES string of the molecule is COc1ccc2c(c1)C(C(C)C)CN=C2Cc1c(Cl)cncc1Cl.Cl.Cl. The van der Waals surface area contributed by atoms with Gasteiger partial charge in [0.1, 0.15) is 5.75 Å². The summed E-state index contributed by atoms with van der Waals surface area (Å²) >= 11 is 12.6. The summed E-state index contributed by atoms with van der Waals surface area (Å²) in [6.07, 6.45) is 3.85. The minimum atomic E-state index is 0. The average Bonchev–Trinajstić information content (AvgIpc) is 2.57. The first-order valence-electron chi connectivity index (χ1n) is 8.00. The summed E-state index contributed by atoms with van der Waals surface area (Å²) in [4.78, 5) is 8.86. The van der Waals surface area contributed by atoms with Gasteiger partial charge in [-0.25, -0.2) is 0 Å². The number of ether oxygens (including phenoxy) is 1. The molecule has 2 heterocycles. The fourth-order valence-electron chi connectivity index (χ4n) is 3.12. The van der Waals surface area contributed by atoms with Gasteiger partial charge in [0.25, 0.3) is 0 Å². The van der Waals surface area contributed by atoms with E-state index in [0.717, 1.165) is 29.1 Å². The number of hydrogen-bond donors (Lipinski definition) is 0. The molecule has 0 amide bonds. The molecule has 0 fully saturated rings. The second kappa shape index (κ2) is 9.80. The molecule has 2 aromatic rings. The lowest BCUT2D eigenvalue weighted by atomic mass is 9.81. The molecule has 0 spiro atoms. The Bertz CT molecular complexity index is 773. The highest BCUT2D eigenvalue weighted by Crippen LogP contribution is 2.35. The third kappa shape index (κ3) is 4.64. The van der Waals surface area contributed by atoms with Crippen LogP contribution in [0.1, 0.15) is 36.5 Å². The topological polar surface area (TPSA) is 34.5 Å². The Morgan fingerprint density at radius 3 is 2.38 bits per heavy atom. The molecule has 3 nitrogen and oxygen atoms in total. The van der Waals surface area contributed by atoms with E-state index >= 15 is 0 Å². The Balaban J connectivity index is 0.00000169. The molecule has 0 bridgehead atoms. The Hall–Kier alpha value is -1.000. The molecular weight excluding hydrogens is 414 g/mol. The molecule has 7 heteroatoms. The average molecular weight is 436 g/mol. The van der Waals surface area contributed by atoms with Crippen molar-refractivity contribution < 1.29 is 4.74 Å². The van der Waals surface area contributed by atoms with Crippen molar-refractivity contribution in [1.29, 1.82) is 0 Å². The van der Waals surface area contributed by atoms with Gasteiger partial charge in [-0.2, -0.15) is 0 Å². The van der Waals surface area contributed by atoms with Gasteiger partial charge in [0, 0.05) is 37.0 Å². The third-order valence-corrected chi connectivity index (χ3v) is 5.20. The molecule has 0 saturated heterocycles. The highest BCUT2D eigenvalue weighted by atomic mass is 35.5. The number of halogens is 4. The molecule has 1 aromatic heterocycles. The van der Waals surface area contributed by atoms with Gasteiger partial charge in [0.05, 0.1) is 17.2 Å². The van der Waals surface area contributed by atoms with Gasteiger partial charge in [0.2, 0.25) is 0 Å². The first-order valence-corrected chi connectivity index (χ1v) is 8.76. The van der Waals surface area contributed by atoms with Crippen LogP contribution in [0.2, 0.25) is 10.0 Å². The summed E-state index contributed by atoms with van der Waals surface area (Å²) in [5.41, 5.74) is 4.33. The van der Waals surface area contributed by atoms with Gasteiger partial charge >= 0.3 is 0 Å². The minimum Gasteiger partial charge on any atom is -0.497 e. The molecule has 1 aliphatic heterocycles. The van der Waals surface area contributed by atoms with E-state index in [9.17, 15) is 0 Å². The van der Waals surface area contributed by atoms with Crippen LogP contribution in [0.4, 0.5) is 0 Å². The van der Waals surface area contributed by atoms with Crippen LogP contribution in [0.5, 0.6) is 5.75 Å². The number of aliphatic imine (C=N–C) groups is 1. The summed E-state index contributed by atoms with van der Waals surface area (Å²) in [6.45, 7) is 5.23. The monoisotopic (exact) mass is 434 g/mol. The predicted octanol–water partition coefficient (Wildman–Crippen LogP) is 6.03. The fraction of sp³-hybridized carbons (Fsp3) is 0.368. The minimum absolute atomic E-state index is 0. The molecule has 0 N–H and O–H groups in total. The molecule has 0 saturated carbocycles. The Morgan fingerprint density at radius 1 is 1.15 bits per heavy atom. The molecule has 142 valence electrons. The third-order valence-electron chi connectivity index (χ3n) is 4.55. The second-order valence-corrected chi connectivity index (χ2v) is 7.16. The number of fused-ring (bicyclic) bond motifs is 1. The van der Waals surface area contributed by atoms with E-state index in [4.69, 9.17) is 32.9 Å². The molecule has 0 aliphatic carbocycles. The lowest BCUT2D eigenvalue weighted by Gasteiger charge is -2.28. The molecule has 1 aromatic carbocycles. The second-order valence-electron chi connectivity index (χ2n) is 6.35. The zero-order valence-corrected chi connectivity index (χ0v) is 18.0. The number of nitrogens with zero attached hydrogens (tertiary/aromatic N) is 2. The Labute approximate surface area is 177 Å². The standard InChI is InChI=1S/C19H20Cl2N2O.2ClH/c1-11(2)16-8-23-19(7-15-17(20)9-22-10-18(15)21)13-5-4-12(24-3)6-14(13)16;;/h4-6,9-11,16H,7-8H2,1-3H3;2*1H. The maximum absolute atomic E-state index is 6.28. The highest BCUT2D eigenvalue weighted by Gasteiger charge is 2.26. The van der Waals surface area contributed by atoms with Crippen molar-refractivity contribution in [2.75, 3.05) is 13.7 Å². The number of benzene rings is 1. The van der Waals surface area contributed by atoms with Crippen LogP contribution in [0.15, 0.2) is 35.6 Å². The van der Waals surface area contributed by atoms with E-state index in [1.165, 1.54) is 5.56 Å². The van der Waals surface area contributed by atoms with Gasteiger partial charge in [-0.3, -0.25) is 9.98 Å². The van der Waals surface area contributed by atoms with Crippen LogP contribution in [-0.2, 0) is 6.42 Å². The molecule has 3 rings (SSSR count). The molecular formula is C19H22Cl4N2O. The van der Waals surface area contributed by atoms with Crippen LogP contribution in [0.3, 0.4) is 0 Å². The number of aromatic nitrogens is 1. The number of pyridine rings is 1. The van der Waals surface area contributed by atoms with Crippen LogP contribution < -0.4 is 4.74 Å². The van der Waals surface area contributed by atoms with Crippen LogP contribution >= 0.6 is 48.0 Å². The van der Waals surface area contributed by atoms with Crippen LogP contribution in [-0.4, -0.2) is 24.4 Å². The maximum atomic E-state index is 6.28. The van der Waals surface area contributed by atoms with Crippen molar-refractivity contribution in [2.24, 2.45) is 10.9 Å². The number of rotatable bonds is 4. The quantitative estimate of drug-likeness (QED) is 0.587. The fourth-order valence-corrected chi connectivity index (χ4v) is 3.62. The molecule has 26 heavy (non-hydrogen) atoms. The first-order chi connectivity index (χ1) is 11.5. The van der Waals surface area contributed by atoms with Crippen molar-refractivity contribution in [3.63, 3.8) is 0 Å².